The van der Waals surface area contributed by atoms with E-state index in [1.54, 1.807) is 31.5 Å². The van der Waals surface area contributed by atoms with Gasteiger partial charge in [0, 0.05) is 26.5 Å². The van der Waals surface area contributed by atoms with Crippen LogP contribution in [-0.2, 0) is 14.3 Å². The predicted molar refractivity (Wildman–Crippen MR) is 127 cm³/mol. The molecule has 0 radical (unpaired) electrons. The number of thiocarbonyl (C=S) groups is 1. The number of hydrogen-bond donors (Lipinski definition) is 1. The largest absolute Gasteiger partial charge is 0.383 e. The Hall–Kier alpha value is -2.27. The minimum absolute atomic E-state index is 0.166. The molecule has 0 spiro atoms. The number of fused-ring (bicyclic) bond motifs is 1. The normalized spacial score (nSPS) is 15.6. The Morgan fingerprint density at radius 2 is 2.10 bits per heavy atom. The van der Waals surface area contributed by atoms with E-state index in [1.165, 1.54) is 21.1 Å². The van der Waals surface area contributed by atoms with Gasteiger partial charge in [0.15, 0.2) is 0 Å². The van der Waals surface area contributed by atoms with Crippen molar-refractivity contribution >= 4 is 51.7 Å². The van der Waals surface area contributed by atoms with Crippen LogP contribution in [0.25, 0.3) is 11.7 Å². The first-order valence-electron chi connectivity index (χ1n) is 10.0. The number of aromatic nitrogens is 2. The molecule has 10 heteroatoms. The Bertz CT molecular complexity index is 1050. The van der Waals surface area contributed by atoms with Gasteiger partial charge >= 0.3 is 0 Å². The molecule has 0 unspecified atom stereocenters. The summed E-state index contributed by atoms with van der Waals surface area (Å²) in [5, 5.41) is 3.23. The summed E-state index contributed by atoms with van der Waals surface area (Å²) in [5.41, 5.74) is 0.590. The van der Waals surface area contributed by atoms with E-state index in [4.69, 9.17) is 21.7 Å². The standard InChI is InChI=1S/C21H26N4O4S2/c1-14(2)29-11-6-8-22-18-15(19(26)24-9-5-4-7-17(24)23-18)13-16-20(27)25(10-12-28-3)21(30)31-16/h4-5,7,9,13-14,22H,6,8,10-12H2,1-3H3. The van der Waals surface area contributed by atoms with Crippen LogP contribution in [0.4, 0.5) is 5.82 Å². The van der Waals surface area contributed by atoms with Gasteiger partial charge in [-0.2, -0.15) is 0 Å². The second kappa shape index (κ2) is 10.9. The third-order valence-electron chi connectivity index (χ3n) is 4.50. The van der Waals surface area contributed by atoms with E-state index in [1.807, 2.05) is 19.9 Å². The van der Waals surface area contributed by atoms with E-state index in [2.05, 4.69) is 10.3 Å². The number of amides is 1. The molecule has 1 saturated heterocycles. The Morgan fingerprint density at radius 3 is 2.84 bits per heavy atom. The predicted octanol–water partition coefficient (Wildman–Crippen LogP) is 2.77. The molecular formula is C21H26N4O4S2. The lowest BCUT2D eigenvalue weighted by Gasteiger charge is -2.13. The molecule has 1 N–H and O–H groups in total. The number of rotatable bonds is 10. The average Bonchev–Trinajstić information content (AvgIpc) is 3.01. The van der Waals surface area contributed by atoms with Crippen LogP contribution < -0.4 is 10.9 Å². The van der Waals surface area contributed by atoms with Gasteiger partial charge in [-0.3, -0.25) is 18.9 Å². The Labute approximate surface area is 190 Å². The van der Waals surface area contributed by atoms with Crippen molar-refractivity contribution in [1.29, 1.82) is 0 Å². The summed E-state index contributed by atoms with van der Waals surface area (Å²) in [6, 6.07) is 5.35. The zero-order valence-corrected chi connectivity index (χ0v) is 19.4. The average molecular weight is 463 g/mol. The third-order valence-corrected chi connectivity index (χ3v) is 5.88. The fourth-order valence-corrected chi connectivity index (χ4v) is 4.26. The summed E-state index contributed by atoms with van der Waals surface area (Å²) in [6.45, 7) is 5.91. The molecule has 8 nitrogen and oxygen atoms in total. The second-order valence-electron chi connectivity index (χ2n) is 7.13. The maximum atomic E-state index is 13.2. The molecule has 3 heterocycles. The Kier molecular flexibility index (Phi) is 8.19. The molecule has 0 aliphatic carbocycles. The zero-order valence-electron chi connectivity index (χ0n) is 17.8. The topological polar surface area (TPSA) is 85.2 Å². The fraction of sp³-hybridized carbons (Fsp3) is 0.429. The van der Waals surface area contributed by atoms with Crippen LogP contribution in [0.1, 0.15) is 25.8 Å². The van der Waals surface area contributed by atoms with Gasteiger partial charge in [0.05, 0.1) is 29.7 Å². The lowest BCUT2D eigenvalue weighted by atomic mass is 10.2. The van der Waals surface area contributed by atoms with Crippen LogP contribution in [0.15, 0.2) is 34.1 Å². The molecule has 31 heavy (non-hydrogen) atoms. The number of anilines is 1. The highest BCUT2D eigenvalue weighted by Gasteiger charge is 2.32. The molecule has 3 rings (SSSR count). The SMILES string of the molecule is COCCN1C(=O)C(=Cc2c(NCCCOC(C)C)nc3ccccn3c2=O)SC1=S. The van der Waals surface area contributed by atoms with Crippen LogP contribution >= 0.6 is 24.0 Å². The third kappa shape index (κ3) is 5.70. The van der Waals surface area contributed by atoms with Crippen molar-refractivity contribution in [3.05, 3.63) is 45.2 Å². The number of nitrogens with one attached hydrogen (secondary N) is 1. The van der Waals surface area contributed by atoms with Crippen molar-refractivity contribution in [1.82, 2.24) is 14.3 Å². The van der Waals surface area contributed by atoms with Crippen molar-refractivity contribution in [2.45, 2.75) is 26.4 Å². The molecular weight excluding hydrogens is 436 g/mol. The molecule has 1 fully saturated rings. The number of hydrogen-bond acceptors (Lipinski definition) is 8. The van der Waals surface area contributed by atoms with Gasteiger partial charge in [0.1, 0.15) is 15.8 Å². The van der Waals surface area contributed by atoms with Crippen LogP contribution in [0.5, 0.6) is 0 Å². The van der Waals surface area contributed by atoms with E-state index < -0.39 is 0 Å². The van der Waals surface area contributed by atoms with E-state index in [0.29, 0.717) is 52.6 Å². The fourth-order valence-electron chi connectivity index (χ4n) is 2.97. The highest BCUT2D eigenvalue weighted by molar-refractivity contribution is 8.26. The maximum Gasteiger partial charge on any atom is 0.267 e. The molecule has 1 aliphatic heterocycles. The number of pyridine rings is 1. The molecule has 0 bridgehead atoms. The van der Waals surface area contributed by atoms with Gasteiger partial charge in [0.25, 0.3) is 11.5 Å². The number of thioether (sulfide) groups is 1. The molecule has 0 saturated carbocycles. The molecule has 0 aromatic carbocycles. The molecule has 0 atom stereocenters. The lowest BCUT2D eigenvalue weighted by molar-refractivity contribution is -0.122. The van der Waals surface area contributed by atoms with Crippen LogP contribution in [0, 0.1) is 0 Å². The van der Waals surface area contributed by atoms with Crippen molar-refractivity contribution in [2.75, 3.05) is 38.7 Å². The van der Waals surface area contributed by atoms with Gasteiger partial charge in [-0.1, -0.05) is 30.0 Å². The van der Waals surface area contributed by atoms with Crippen LogP contribution in [0.2, 0.25) is 0 Å². The summed E-state index contributed by atoms with van der Waals surface area (Å²) in [6.07, 6.45) is 4.16. The number of nitrogens with zero attached hydrogens (tertiary/aromatic N) is 3. The smallest absolute Gasteiger partial charge is 0.267 e. The number of carbonyl (C=O) groups excluding carboxylic acids is 1. The first-order chi connectivity index (χ1) is 14.9. The summed E-state index contributed by atoms with van der Waals surface area (Å²) in [7, 11) is 1.57. The van der Waals surface area contributed by atoms with Gasteiger partial charge in [-0.05, 0) is 38.5 Å². The Balaban J connectivity index is 1.91. The maximum absolute atomic E-state index is 13.2. The van der Waals surface area contributed by atoms with E-state index in [0.717, 1.165) is 6.42 Å². The van der Waals surface area contributed by atoms with Gasteiger partial charge < -0.3 is 14.8 Å². The summed E-state index contributed by atoms with van der Waals surface area (Å²) in [4.78, 5) is 32.5. The molecule has 166 valence electrons. The quantitative estimate of drug-likeness (QED) is 0.328. The Morgan fingerprint density at radius 1 is 1.29 bits per heavy atom. The first kappa shape index (κ1) is 23.4. The summed E-state index contributed by atoms with van der Waals surface area (Å²) < 4.78 is 12.5. The highest BCUT2D eigenvalue weighted by Crippen LogP contribution is 2.32. The summed E-state index contributed by atoms with van der Waals surface area (Å²) in [5.74, 6) is 0.198. The van der Waals surface area contributed by atoms with E-state index >= 15 is 0 Å². The first-order valence-corrected chi connectivity index (χ1v) is 11.3. The van der Waals surface area contributed by atoms with Gasteiger partial charge in [0.2, 0.25) is 0 Å². The molecule has 2 aromatic rings. The monoisotopic (exact) mass is 462 g/mol. The van der Waals surface area contributed by atoms with Gasteiger partial charge in [-0.25, -0.2) is 4.98 Å². The summed E-state index contributed by atoms with van der Waals surface area (Å²) >= 11 is 6.50. The van der Waals surface area contributed by atoms with Crippen LogP contribution in [0.3, 0.4) is 0 Å². The minimum Gasteiger partial charge on any atom is -0.383 e. The lowest BCUT2D eigenvalue weighted by Crippen LogP contribution is -2.31. The van der Waals surface area contributed by atoms with Crippen LogP contribution in [-0.4, -0.2) is 64.0 Å². The number of carbonyl (C=O) groups is 1. The second-order valence-corrected chi connectivity index (χ2v) is 8.81. The number of methoxy groups -OCH3 is 1. The van der Waals surface area contributed by atoms with E-state index in [9.17, 15) is 9.59 Å². The van der Waals surface area contributed by atoms with Crippen molar-refractivity contribution in [3.8, 4) is 0 Å². The number of ether oxygens (including phenoxy) is 2. The zero-order chi connectivity index (χ0) is 22.4. The van der Waals surface area contributed by atoms with Crippen molar-refractivity contribution in [2.24, 2.45) is 0 Å². The molecule has 1 amide bonds. The molecule has 2 aromatic heterocycles. The van der Waals surface area contributed by atoms with E-state index in [-0.39, 0.29) is 17.6 Å². The minimum atomic E-state index is -0.256. The molecule has 1 aliphatic rings. The van der Waals surface area contributed by atoms with Crippen molar-refractivity contribution in [3.63, 3.8) is 0 Å². The highest BCUT2D eigenvalue weighted by atomic mass is 32.2. The van der Waals surface area contributed by atoms with Crippen molar-refractivity contribution < 1.29 is 14.3 Å². The van der Waals surface area contributed by atoms with Gasteiger partial charge in [-0.15, -0.1) is 0 Å².